The number of fused-ring (bicyclic) bond motifs is 1. The molecule has 2 N–H and O–H groups in total. The quantitative estimate of drug-likeness (QED) is 0.928. The summed E-state index contributed by atoms with van der Waals surface area (Å²) in [7, 11) is 1.63. The van der Waals surface area contributed by atoms with Crippen LogP contribution in [0.15, 0.2) is 18.2 Å². The van der Waals surface area contributed by atoms with E-state index in [4.69, 9.17) is 10.5 Å². The van der Waals surface area contributed by atoms with Gasteiger partial charge >= 0.3 is 0 Å². The van der Waals surface area contributed by atoms with Gasteiger partial charge in [0, 0.05) is 32.1 Å². The number of methoxy groups -OCH3 is 1. The SMILES string of the molecule is COc1ccc2nc(N)n(CCC(=O)N3CCCC3)c2c1. The van der Waals surface area contributed by atoms with E-state index in [9.17, 15) is 4.79 Å². The number of ether oxygens (including phenoxy) is 1. The minimum atomic E-state index is 0.191. The minimum absolute atomic E-state index is 0.191. The number of aromatic nitrogens is 2. The molecule has 1 saturated heterocycles. The largest absolute Gasteiger partial charge is 0.497 e. The number of imidazole rings is 1. The summed E-state index contributed by atoms with van der Waals surface area (Å²) in [6.07, 6.45) is 2.67. The van der Waals surface area contributed by atoms with Crippen molar-refractivity contribution in [1.29, 1.82) is 0 Å². The van der Waals surface area contributed by atoms with E-state index in [1.165, 1.54) is 0 Å². The van der Waals surface area contributed by atoms with Crippen molar-refractivity contribution in [2.75, 3.05) is 25.9 Å². The number of carbonyl (C=O) groups excluding carboxylic acids is 1. The van der Waals surface area contributed by atoms with Crippen LogP contribution in [0.1, 0.15) is 19.3 Å². The Hall–Kier alpha value is -2.24. The number of rotatable bonds is 4. The van der Waals surface area contributed by atoms with Crippen LogP contribution in [0.2, 0.25) is 0 Å². The standard InChI is InChI=1S/C15H20N4O2/c1-21-11-4-5-12-13(10-11)19(15(16)17-12)9-6-14(20)18-7-2-3-8-18/h4-5,10H,2-3,6-9H2,1H3,(H2,16,17). The molecule has 1 aliphatic rings. The van der Waals surface area contributed by atoms with Gasteiger partial charge in [-0.1, -0.05) is 0 Å². The van der Waals surface area contributed by atoms with Crippen LogP contribution in [0, 0.1) is 0 Å². The third kappa shape index (κ3) is 2.66. The molecule has 6 nitrogen and oxygen atoms in total. The first-order chi connectivity index (χ1) is 10.2. The minimum Gasteiger partial charge on any atom is -0.497 e. The molecule has 1 fully saturated rings. The molecule has 2 heterocycles. The third-order valence-electron chi connectivity index (χ3n) is 3.99. The number of nitrogens with zero attached hydrogens (tertiary/aromatic N) is 3. The van der Waals surface area contributed by atoms with Crippen molar-refractivity contribution in [2.24, 2.45) is 0 Å². The number of hydrogen-bond acceptors (Lipinski definition) is 4. The van der Waals surface area contributed by atoms with Crippen molar-refractivity contribution in [1.82, 2.24) is 14.5 Å². The number of amides is 1. The van der Waals surface area contributed by atoms with Gasteiger partial charge in [-0.15, -0.1) is 0 Å². The van der Waals surface area contributed by atoms with Gasteiger partial charge in [-0.2, -0.15) is 0 Å². The fraction of sp³-hybridized carbons (Fsp3) is 0.467. The van der Waals surface area contributed by atoms with Crippen LogP contribution in [0.3, 0.4) is 0 Å². The summed E-state index contributed by atoms with van der Waals surface area (Å²) in [4.78, 5) is 18.4. The highest BCUT2D eigenvalue weighted by molar-refractivity contribution is 5.81. The molecule has 2 aromatic rings. The number of nitrogen functional groups attached to an aromatic ring is 1. The lowest BCUT2D eigenvalue weighted by atomic mass is 10.3. The molecule has 0 saturated carbocycles. The molecule has 3 rings (SSSR count). The first-order valence-electron chi connectivity index (χ1n) is 7.26. The fourth-order valence-corrected chi connectivity index (χ4v) is 2.82. The molecule has 21 heavy (non-hydrogen) atoms. The second-order valence-corrected chi connectivity index (χ2v) is 5.31. The Kier molecular flexibility index (Phi) is 3.68. The molecule has 0 bridgehead atoms. The van der Waals surface area contributed by atoms with E-state index >= 15 is 0 Å². The molecule has 1 aromatic carbocycles. The zero-order chi connectivity index (χ0) is 14.8. The highest BCUT2D eigenvalue weighted by atomic mass is 16.5. The molecule has 0 spiro atoms. The molecular weight excluding hydrogens is 268 g/mol. The van der Waals surface area contributed by atoms with Crippen molar-refractivity contribution < 1.29 is 9.53 Å². The van der Waals surface area contributed by atoms with Crippen molar-refractivity contribution in [3.05, 3.63) is 18.2 Å². The van der Waals surface area contributed by atoms with E-state index in [1.807, 2.05) is 27.7 Å². The topological polar surface area (TPSA) is 73.4 Å². The molecule has 0 aliphatic carbocycles. The fourth-order valence-electron chi connectivity index (χ4n) is 2.82. The predicted molar refractivity (Wildman–Crippen MR) is 81.1 cm³/mol. The van der Waals surface area contributed by atoms with E-state index in [1.54, 1.807) is 7.11 Å². The number of carbonyl (C=O) groups is 1. The van der Waals surface area contributed by atoms with Gasteiger partial charge in [-0.3, -0.25) is 4.79 Å². The van der Waals surface area contributed by atoms with Gasteiger partial charge in [-0.25, -0.2) is 4.98 Å². The van der Waals surface area contributed by atoms with Crippen LogP contribution in [-0.2, 0) is 11.3 Å². The maximum Gasteiger partial charge on any atom is 0.224 e. The summed E-state index contributed by atoms with van der Waals surface area (Å²) in [5.74, 6) is 1.39. The summed E-state index contributed by atoms with van der Waals surface area (Å²) in [5, 5.41) is 0. The van der Waals surface area contributed by atoms with Crippen LogP contribution in [0.4, 0.5) is 5.95 Å². The molecule has 1 amide bonds. The van der Waals surface area contributed by atoms with Gasteiger partial charge in [0.15, 0.2) is 0 Å². The second-order valence-electron chi connectivity index (χ2n) is 5.31. The Morgan fingerprint density at radius 1 is 1.38 bits per heavy atom. The van der Waals surface area contributed by atoms with Crippen LogP contribution in [-0.4, -0.2) is 40.6 Å². The highest BCUT2D eigenvalue weighted by Gasteiger charge is 2.18. The number of anilines is 1. The van der Waals surface area contributed by atoms with Gasteiger partial charge in [0.05, 0.1) is 18.1 Å². The van der Waals surface area contributed by atoms with E-state index < -0.39 is 0 Å². The second kappa shape index (κ2) is 5.63. The number of benzene rings is 1. The van der Waals surface area contributed by atoms with E-state index in [2.05, 4.69) is 4.98 Å². The van der Waals surface area contributed by atoms with Gasteiger partial charge in [0.25, 0.3) is 0 Å². The summed E-state index contributed by atoms with van der Waals surface area (Å²) >= 11 is 0. The molecule has 0 unspecified atom stereocenters. The van der Waals surface area contributed by atoms with Gasteiger partial charge in [0.1, 0.15) is 5.75 Å². The molecule has 0 atom stereocenters. The number of nitrogens with two attached hydrogens (primary N) is 1. The van der Waals surface area contributed by atoms with E-state index in [-0.39, 0.29) is 5.91 Å². The molecule has 0 radical (unpaired) electrons. The first kappa shape index (κ1) is 13.7. The normalized spacial score (nSPS) is 14.8. The Morgan fingerprint density at radius 2 is 2.14 bits per heavy atom. The van der Waals surface area contributed by atoms with Crippen LogP contribution >= 0.6 is 0 Å². The van der Waals surface area contributed by atoms with Crippen molar-refractivity contribution in [3.63, 3.8) is 0 Å². The summed E-state index contributed by atoms with van der Waals surface area (Å²) in [5.41, 5.74) is 7.70. The third-order valence-corrected chi connectivity index (χ3v) is 3.99. The molecule has 1 aromatic heterocycles. The van der Waals surface area contributed by atoms with E-state index in [0.29, 0.717) is 18.9 Å². The van der Waals surface area contributed by atoms with Crippen molar-refractivity contribution in [2.45, 2.75) is 25.8 Å². The average molecular weight is 288 g/mol. The lowest BCUT2D eigenvalue weighted by Crippen LogP contribution is -2.28. The Bertz CT molecular complexity index is 659. The number of aryl methyl sites for hydroxylation is 1. The Labute approximate surface area is 123 Å². The maximum atomic E-state index is 12.1. The summed E-state index contributed by atoms with van der Waals surface area (Å²) in [6, 6.07) is 5.64. The molecule has 1 aliphatic heterocycles. The Balaban J connectivity index is 1.79. The predicted octanol–water partition coefficient (Wildman–Crippen LogP) is 1.64. The summed E-state index contributed by atoms with van der Waals surface area (Å²) < 4.78 is 7.12. The summed E-state index contributed by atoms with van der Waals surface area (Å²) in [6.45, 7) is 2.31. The molecule has 6 heteroatoms. The zero-order valence-electron chi connectivity index (χ0n) is 12.2. The molecule has 112 valence electrons. The van der Waals surface area contributed by atoms with Crippen LogP contribution in [0.25, 0.3) is 11.0 Å². The lowest BCUT2D eigenvalue weighted by molar-refractivity contribution is -0.130. The maximum absolute atomic E-state index is 12.1. The number of likely N-dealkylation sites (tertiary alicyclic amines) is 1. The smallest absolute Gasteiger partial charge is 0.224 e. The zero-order valence-corrected chi connectivity index (χ0v) is 12.2. The van der Waals surface area contributed by atoms with Gasteiger partial charge in [0.2, 0.25) is 11.9 Å². The monoisotopic (exact) mass is 288 g/mol. The molecular formula is C15H20N4O2. The lowest BCUT2D eigenvalue weighted by Gasteiger charge is -2.15. The van der Waals surface area contributed by atoms with Gasteiger partial charge in [-0.05, 0) is 25.0 Å². The van der Waals surface area contributed by atoms with Crippen LogP contribution in [0.5, 0.6) is 5.75 Å². The van der Waals surface area contributed by atoms with Crippen LogP contribution < -0.4 is 10.5 Å². The first-order valence-corrected chi connectivity index (χ1v) is 7.26. The number of hydrogen-bond donors (Lipinski definition) is 1. The van der Waals surface area contributed by atoms with Crippen molar-refractivity contribution in [3.8, 4) is 5.75 Å². The van der Waals surface area contributed by atoms with Gasteiger partial charge < -0.3 is 19.9 Å². The average Bonchev–Trinajstić information content (AvgIpc) is 3.11. The van der Waals surface area contributed by atoms with Crippen molar-refractivity contribution >= 4 is 22.9 Å². The van der Waals surface area contributed by atoms with E-state index in [0.717, 1.165) is 42.7 Å². The highest BCUT2D eigenvalue weighted by Crippen LogP contribution is 2.23. The Morgan fingerprint density at radius 3 is 2.86 bits per heavy atom.